The highest BCUT2D eigenvalue weighted by Gasteiger charge is 2.32. The van der Waals surface area contributed by atoms with Gasteiger partial charge in [-0.25, -0.2) is 0 Å². The molecule has 0 aromatic heterocycles. The third-order valence-electron chi connectivity index (χ3n) is 3.62. The molecule has 1 saturated heterocycles. The molecule has 0 atom stereocenters. The zero-order valence-corrected chi connectivity index (χ0v) is 14.6. The summed E-state index contributed by atoms with van der Waals surface area (Å²) in [5.41, 5.74) is 0. The summed E-state index contributed by atoms with van der Waals surface area (Å²) in [6.07, 6.45) is 3.22. The summed E-state index contributed by atoms with van der Waals surface area (Å²) < 4.78 is 11.1. The van der Waals surface area contributed by atoms with E-state index in [9.17, 15) is 0 Å². The maximum Gasteiger partial charge on any atom is 0.191 e. The lowest BCUT2D eigenvalue weighted by molar-refractivity contribution is 0.0782. The fourth-order valence-corrected chi connectivity index (χ4v) is 3.65. The molecule has 0 amide bonds. The quantitative estimate of drug-likeness (QED) is 0.386. The molecule has 124 valence electrons. The van der Waals surface area contributed by atoms with Gasteiger partial charge in [0.2, 0.25) is 0 Å². The predicted molar refractivity (Wildman–Crippen MR) is 91.4 cm³/mol. The lowest BCUT2D eigenvalue weighted by atomic mass is 9.99. The largest absolute Gasteiger partial charge is 0.382 e. The number of guanidine groups is 1. The van der Waals surface area contributed by atoms with Crippen LogP contribution in [0.25, 0.3) is 0 Å². The van der Waals surface area contributed by atoms with E-state index in [4.69, 9.17) is 9.47 Å². The van der Waals surface area contributed by atoms with E-state index in [0.717, 1.165) is 70.5 Å². The average Bonchev–Trinajstić information content (AvgIpc) is 2.51. The molecule has 1 fully saturated rings. The second-order valence-corrected chi connectivity index (χ2v) is 6.86. The monoisotopic (exact) mass is 317 g/mol. The molecule has 0 bridgehead atoms. The maximum absolute atomic E-state index is 5.51. The van der Waals surface area contributed by atoms with E-state index in [0.29, 0.717) is 0 Å². The second-order valence-electron chi connectivity index (χ2n) is 5.13. The first kappa shape index (κ1) is 18.6. The van der Waals surface area contributed by atoms with Crippen LogP contribution in [0, 0.1) is 0 Å². The van der Waals surface area contributed by atoms with E-state index in [1.165, 1.54) is 0 Å². The Labute approximate surface area is 133 Å². The van der Waals surface area contributed by atoms with Crippen molar-refractivity contribution in [3.63, 3.8) is 0 Å². The molecule has 0 saturated carbocycles. The summed E-state index contributed by atoms with van der Waals surface area (Å²) >= 11 is 2.04. The van der Waals surface area contributed by atoms with E-state index in [1.807, 2.05) is 25.7 Å². The lowest BCUT2D eigenvalue weighted by Gasteiger charge is -2.37. The Morgan fingerprint density at radius 3 is 2.67 bits per heavy atom. The molecule has 1 rings (SSSR count). The number of hydrogen-bond donors (Lipinski definition) is 2. The number of thioether (sulfide) groups is 1. The molecular formula is C15H31N3O2S. The van der Waals surface area contributed by atoms with Crippen LogP contribution in [0.15, 0.2) is 4.99 Å². The normalized spacial score (nSPS) is 18.5. The number of aliphatic imine (C=N–C) groups is 1. The SMILES string of the molecule is CCOCCCNC(=NC)NCC1(SCC)CCOCC1. The smallest absolute Gasteiger partial charge is 0.191 e. The molecule has 0 aromatic rings. The number of ether oxygens (including phenoxy) is 2. The van der Waals surface area contributed by atoms with Gasteiger partial charge in [-0.15, -0.1) is 0 Å². The molecule has 0 spiro atoms. The van der Waals surface area contributed by atoms with Crippen molar-refractivity contribution in [2.45, 2.75) is 37.9 Å². The van der Waals surface area contributed by atoms with Crippen molar-refractivity contribution in [2.75, 3.05) is 52.3 Å². The Balaban J connectivity index is 2.31. The minimum absolute atomic E-state index is 0.288. The topological polar surface area (TPSA) is 54.9 Å². The summed E-state index contributed by atoms with van der Waals surface area (Å²) in [5.74, 6) is 2.02. The molecule has 5 nitrogen and oxygen atoms in total. The van der Waals surface area contributed by atoms with Gasteiger partial charge in [0.05, 0.1) is 0 Å². The number of rotatable bonds is 9. The minimum atomic E-state index is 0.288. The van der Waals surface area contributed by atoms with Gasteiger partial charge in [0.1, 0.15) is 0 Å². The fraction of sp³-hybridized carbons (Fsp3) is 0.933. The first-order chi connectivity index (χ1) is 10.3. The van der Waals surface area contributed by atoms with Gasteiger partial charge in [0.15, 0.2) is 5.96 Å². The number of hydrogen-bond acceptors (Lipinski definition) is 4. The van der Waals surface area contributed by atoms with Crippen LogP contribution in [0.3, 0.4) is 0 Å². The molecular weight excluding hydrogens is 286 g/mol. The molecule has 1 aliphatic rings. The van der Waals surface area contributed by atoms with Crippen LogP contribution < -0.4 is 10.6 Å². The van der Waals surface area contributed by atoms with Crippen LogP contribution in [0.1, 0.15) is 33.1 Å². The first-order valence-electron chi connectivity index (χ1n) is 8.00. The molecule has 0 radical (unpaired) electrons. The highest BCUT2D eigenvalue weighted by Crippen LogP contribution is 2.34. The van der Waals surface area contributed by atoms with Crippen LogP contribution in [0.5, 0.6) is 0 Å². The molecule has 1 heterocycles. The van der Waals surface area contributed by atoms with Crippen LogP contribution in [0.2, 0.25) is 0 Å². The van der Waals surface area contributed by atoms with Gasteiger partial charge in [-0.2, -0.15) is 11.8 Å². The van der Waals surface area contributed by atoms with Gasteiger partial charge < -0.3 is 20.1 Å². The third kappa shape index (κ3) is 7.38. The van der Waals surface area contributed by atoms with Gasteiger partial charge in [0, 0.05) is 51.3 Å². The van der Waals surface area contributed by atoms with Crippen LogP contribution in [-0.4, -0.2) is 63.0 Å². The van der Waals surface area contributed by atoms with Crippen LogP contribution >= 0.6 is 11.8 Å². The molecule has 0 unspecified atom stereocenters. The zero-order chi connectivity index (χ0) is 15.4. The van der Waals surface area contributed by atoms with E-state index in [-0.39, 0.29) is 4.75 Å². The molecule has 21 heavy (non-hydrogen) atoms. The Kier molecular flexibility index (Phi) is 9.87. The molecule has 6 heteroatoms. The highest BCUT2D eigenvalue weighted by molar-refractivity contribution is 8.00. The number of nitrogens with one attached hydrogen (secondary N) is 2. The van der Waals surface area contributed by atoms with Gasteiger partial charge in [0.25, 0.3) is 0 Å². The molecule has 0 aliphatic carbocycles. The van der Waals surface area contributed by atoms with Gasteiger partial charge >= 0.3 is 0 Å². The lowest BCUT2D eigenvalue weighted by Crippen LogP contribution is -2.48. The molecule has 0 aromatic carbocycles. The molecule has 1 aliphatic heterocycles. The Morgan fingerprint density at radius 1 is 1.29 bits per heavy atom. The molecule has 2 N–H and O–H groups in total. The van der Waals surface area contributed by atoms with Crippen molar-refractivity contribution < 1.29 is 9.47 Å². The summed E-state index contributed by atoms with van der Waals surface area (Å²) in [6.45, 7) is 9.40. The Morgan fingerprint density at radius 2 is 2.05 bits per heavy atom. The standard InChI is InChI=1S/C15H31N3O2S/c1-4-19-10-6-9-17-14(16-3)18-13-15(21-5-2)7-11-20-12-8-15/h4-13H2,1-3H3,(H2,16,17,18). The second kappa shape index (κ2) is 11.2. The van der Waals surface area contributed by atoms with Crippen molar-refractivity contribution in [3.05, 3.63) is 0 Å². The summed E-state index contributed by atoms with van der Waals surface area (Å²) in [6, 6.07) is 0. The van der Waals surface area contributed by atoms with Gasteiger partial charge in [-0.05, 0) is 31.9 Å². The van der Waals surface area contributed by atoms with E-state index >= 15 is 0 Å². The Bertz CT molecular complexity index is 289. The summed E-state index contributed by atoms with van der Waals surface area (Å²) in [4.78, 5) is 4.29. The Hall–Kier alpha value is -0.460. The highest BCUT2D eigenvalue weighted by atomic mass is 32.2. The summed E-state index contributed by atoms with van der Waals surface area (Å²) in [7, 11) is 1.82. The van der Waals surface area contributed by atoms with E-state index < -0.39 is 0 Å². The maximum atomic E-state index is 5.51. The van der Waals surface area contributed by atoms with E-state index in [2.05, 4.69) is 22.5 Å². The number of nitrogens with zero attached hydrogens (tertiary/aromatic N) is 1. The van der Waals surface area contributed by atoms with Gasteiger partial charge in [-0.1, -0.05) is 6.92 Å². The third-order valence-corrected chi connectivity index (χ3v) is 5.07. The van der Waals surface area contributed by atoms with Crippen LogP contribution in [0.4, 0.5) is 0 Å². The van der Waals surface area contributed by atoms with E-state index in [1.54, 1.807) is 0 Å². The van der Waals surface area contributed by atoms with Crippen molar-refractivity contribution in [1.82, 2.24) is 10.6 Å². The van der Waals surface area contributed by atoms with Crippen LogP contribution in [-0.2, 0) is 9.47 Å². The van der Waals surface area contributed by atoms with Gasteiger partial charge in [-0.3, -0.25) is 4.99 Å². The first-order valence-corrected chi connectivity index (χ1v) is 8.99. The average molecular weight is 317 g/mol. The minimum Gasteiger partial charge on any atom is -0.382 e. The fourth-order valence-electron chi connectivity index (χ4n) is 2.41. The van der Waals surface area contributed by atoms with Crippen molar-refractivity contribution in [3.8, 4) is 0 Å². The predicted octanol–water partition coefficient (Wildman–Crippen LogP) is 1.88. The zero-order valence-electron chi connectivity index (χ0n) is 13.7. The van der Waals surface area contributed by atoms with Crippen molar-refractivity contribution in [1.29, 1.82) is 0 Å². The van der Waals surface area contributed by atoms with Crippen molar-refractivity contribution >= 4 is 17.7 Å². The van der Waals surface area contributed by atoms with Crippen molar-refractivity contribution in [2.24, 2.45) is 4.99 Å². The summed E-state index contributed by atoms with van der Waals surface area (Å²) in [5, 5.41) is 6.82.